The molecule has 9 nitrogen and oxygen atoms in total. The minimum absolute atomic E-state index is 0.0714. The van der Waals surface area contributed by atoms with E-state index in [1.54, 1.807) is 19.2 Å². The van der Waals surface area contributed by atoms with E-state index < -0.39 is 17.2 Å². The number of aliphatic hydroxyl groups is 1. The lowest BCUT2D eigenvalue weighted by Gasteiger charge is -2.61. The Bertz CT molecular complexity index is 1450. The van der Waals surface area contributed by atoms with Gasteiger partial charge in [0.25, 0.3) is 0 Å². The molecule has 2 aliphatic heterocycles. The zero-order valence-corrected chi connectivity index (χ0v) is 25.9. The molecule has 8 atom stereocenters. The second kappa shape index (κ2) is 9.75. The second-order valence-corrected chi connectivity index (χ2v) is 14.6. The van der Waals surface area contributed by atoms with E-state index in [-0.39, 0.29) is 60.3 Å². The van der Waals surface area contributed by atoms with Crippen LogP contribution >= 0.6 is 0 Å². The highest BCUT2D eigenvalue weighted by molar-refractivity contribution is 5.78. The van der Waals surface area contributed by atoms with Crippen molar-refractivity contribution < 1.29 is 43.2 Å². The van der Waals surface area contributed by atoms with E-state index in [0.717, 1.165) is 61.9 Å². The zero-order chi connectivity index (χ0) is 30.6. The zero-order valence-electron chi connectivity index (χ0n) is 25.9. The van der Waals surface area contributed by atoms with E-state index in [1.165, 1.54) is 17.9 Å². The normalized spacial score (nSPS) is 45.2. The number of rotatable bonds is 7. The Balaban J connectivity index is 1.18. The van der Waals surface area contributed by atoms with Crippen LogP contribution in [0.25, 0.3) is 0 Å². The van der Waals surface area contributed by atoms with Crippen LogP contribution in [0, 0.1) is 38.8 Å². The molecule has 44 heavy (non-hydrogen) atoms. The minimum Gasteiger partial charge on any atom is -0.392 e. The molecule has 0 aromatic heterocycles. The molecule has 2 heterocycles. The van der Waals surface area contributed by atoms with Crippen molar-refractivity contribution in [3.63, 3.8) is 0 Å². The van der Waals surface area contributed by atoms with Gasteiger partial charge in [0.05, 0.1) is 12.7 Å². The van der Waals surface area contributed by atoms with Gasteiger partial charge in [-0.15, -0.1) is 0 Å². The largest absolute Gasteiger partial charge is 0.392 e. The van der Waals surface area contributed by atoms with Crippen LogP contribution in [-0.2, 0) is 35.0 Å². The highest BCUT2D eigenvalue weighted by Crippen LogP contribution is 2.91. The maximum Gasteiger partial charge on any atom is 0.226 e. The Labute approximate surface area is 257 Å². The van der Waals surface area contributed by atoms with Crippen molar-refractivity contribution in [2.24, 2.45) is 27.6 Å². The number of halogens is 1. The van der Waals surface area contributed by atoms with Gasteiger partial charge in [-0.25, -0.2) is 4.39 Å². The number of hydrogen-bond donors (Lipinski definition) is 3. The van der Waals surface area contributed by atoms with Gasteiger partial charge in [0.2, 0.25) is 5.79 Å². The molecule has 2 spiro atoms. The predicted octanol–water partition coefficient (Wildman–Crippen LogP) is 4.18. The number of benzene rings is 1. The van der Waals surface area contributed by atoms with Gasteiger partial charge in [-0.1, -0.05) is 19.4 Å². The number of nitrogens with two attached hydrogens (primary N) is 1. The first-order valence-corrected chi connectivity index (χ1v) is 16.0. The number of aliphatic hydroxyl groups excluding tert-OH is 1. The van der Waals surface area contributed by atoms with Crippen molar-refractivity contribution >= 4 is 11.9 Å². The Morgan fingerprint density at radius 2 is 2.02 bits per heavy atom. The highest BCUT2D eigenvalue weighted by Gasteiger charge is 2.89. The highest BCUT2D eigenvalue weighted by atomic mass is 19.1. The molecule has 1 aromatic carbocycles. The summed E-state index contributed by atoms with van der Waals surface area (Å²) in [6, 6.07) is 4.82. The number of ether oxygens (including phenoxy) is 6. The first-order valence-electron chi connectivity index (χ1n) is 16.0. The van der Waals surface area contributed by atoms with Crippen molar-refractivity contribution in [3.8, 4) is 0 Å². The summed E-state index contributed by atoms with van der Waals surface area (Å²) in [6.07, 6.45) is 10.3. The predicted molar refractivity (Wildman–Crippen MR) is 156 cm³/mol. The van der Waals surface area contributed by atoms with Crippen LogP contribution in [0.15, 0.2) is 41.1 Å². The lowest BCUT2D eigenvalue weighted by atomic mass is 9.45. The molecule has 4 saturated carbocycles. The SMILES string of the molecule is COCOC1CC2(C)C(CCC23OCOC32COCO2)C23CCC4=CC([NH2+]c5ccc(F)c(CO)c5)=C(C=N)CC4(C)C12C3. The first kappa shape index (κ1) is 29.4. The molecule has 7 aliphatic rings. The summed E-state index contributed by atoms with van der Waals surface area (Å²) in [5.74, 6) is -0.890. The minimum atomic E-state index is -0.890. The standard InChI is InChI=1S/C34H43FN2O7/c1-29-12-22(14-36)26(37-24-4-5-25(35)21(10-24)15-38)11-23(29)6-8-31-16-32(29,31)28(41-18-39-3)13-30(2)27(31)7-9-33(30)34(44-20-42-33)17-40-19-43-34/h4-5,10-11,14,27-28,36-38H,6-9,12-13,15-20H2,1-3H3/p+1. The van der Waals surface area contributed by atoms with E-state index in [0.29, 0.717) is 12.5 Å². The number of nitrogens with one attached hydrogen (secondary N) is 1. The van der Waals surface area contributed by atoms with Crippen molar-refractivity contribution in [1.82, 2.24) is 0 Å². The molecule has 4 N–H and O–H groups in total. The molecule has 1 aromatic rings. The van der Waals surface area contributed by atoms with Crippen molar-refractivity contribution in [3.05, 3.63) is 52.5 Å². The van der Waals surface area contributed by atoms with Gasteiger partial charge in [-0.3, -0.25) is 5.32 Å². The van der Waals surface area contributed by atoms with Gasteiger partial charge in [0.1, 0.15) is 36.2 Å². The summed E-state index contributed by atoms with van der Waals surface area (Å²) in [4.78, 5) is 0. The first-order chi connectivity index (χ1) is 21.2. The molecule has 6 fully saturated rings. The van der Waals surface area contributed by atoms with Crippen LogP contribution in [0.4, 0.5) is 10.1 Å². The van der Waals surface area contributed by atoms with E-state index in [1.807, 2.05) is 5.32 Å². The van der Waals surface area contributed by atoms with E-state index in [9.17, 15) is 9.50 Å². The average molecular weight is 612 g/mol. The molecule has 8 rings (SSSR count). The number of quaternary nitrogens is 1. The number of allylic oxidation sites excluding steroid dienone is 3. The number of methoxy groups -OCH3 is 1. The molecular formula is C34H44FN2O7+. The maximum atomic E-state index is 14.1. The Hall–Kier alpha value is -2.02. The summed E-state index contributed by atoms with van der Waals surface area (Å²) in [5, 5.41) is 20.1. The third kappa shape index (κ3) is 3.38. The summed E-state index contributed by atoms with van der Waals surface area (Å²) in [7, 11) is 1.68. The van der Waals surface area contributed by atoms with Crippen LogP contribution < -0.4 is 5.32 Å². The molecule has 8 unspecified atom stereocenters. The molecule has 0 amide bonds. The van der Waals surface area contributed by atoms with Gasteiger partial charge in [-0.05, 0) is 68.4 Å². The van der Waals surface area contributed by atoms with Crippen LogP contribution in [0.1, 0.15) is 64.4 Å². The van der Waals surface area contributed by atoms with E-state index in [2.05, 4.69) is 19.9 Å². The summed E-state index contributed by atoms with van der Waals surface area (Å²) >= 11 is 0. The van der Waals surface area contributed by atoms with Gasteiger partial charge in [-0.2, -0.15) is 0 Å². The number of fused-ring (bicyclic) bond motifs is 4. The quantitative estimate of drug-likeness (QED) is 0.241. The van der Waals surface area contributed by atoms with Crippen molar-refractivity contribution in [2.45, 2.75) is 82.9 Å². The van der Waals surface area contributed by atoms with E-state index >= 15 is 0 Å². The molecule has 5 aliphatic carbocycles. The topological polar surface area (TPSA) is 116 Å². The Kier molecular flexibility index (Phi) is 6.51. The van der Waals surface area contributed by atoms with Crippen LogP contribution in [-0.4, -0.2) is 62.9 Å². The van der Waals surface area contributed by atoms with Gasteiger partial charge in [0, 0.05) is 52.8 Å². The third-order valence-electron chi connectivity index (χ3n) is 13.4. The number of hydrogen-bond acceptors (Lipinski definition) is 8. The average Bonchev–Trinajstić information content (AvgIpc) is 3.25. The van der Waals surface area contributed by atoms with Crippen molar-refractivity contribution in [2.75, 3.05) is 34.1 Å². The maximum absolute atomic E-state index is 14.1. The molecule has 0 radical (unpaired) electrons. The lowest BCUT2D eigenvalue weighted by molar-refractivity contribution is -0.513. The molecular weight excluding hydrogens is 567 g/mol. The van der Waals surface area contributed by atoms with Crippen LogP contribution in [0.3, 0.4) is 0 Å². The van der Waals surface area contributed by atoms with Gasteiger partial charge in [0.15, 0.2) is 13.6 Å². The van der Waals surface area contributed by atoms with Crippen molar-refractivity contribution in [1.29, 1.82) is 5.41 Å². The molecule has 0 bridgehead atoms. The molecule has 10 heteroatoms. The van der Waals surface area contributed by atoms with E-state index in [4.69, 9.17) is 33.8 Å². The third-order valence-corrected chi connectivity index (χ3v) is 13.4. The lowest BCUT2D eigenvalue weighted by Crippen LogP contribution is -2.76. The Morgan fingerprint density at radius 1 is 1.18 bits per heavy atom. The summed E-state index contributed by atoms with van der Waals surface area (Å²) in [6.45, 7) is 5.46. The summed E-state index contributed by atoms with van der Waals surface area (Å²) < 4.78 is 51.3. The van der Waals surface area contributed by atoms with Crippen LogP contribution in [0.2, 0.25) is 0 Å². The summed E-state index contributed by atoms with van der Waals surface area (Å²) in [5.41, 5.74) is 3.37. The van der Waals surface area contributed by atoms with Gasteiger partial charge < -0.3 is 38.9 Å². The monoisotopic (exact) mass is 611 g/mol. The Morgan fingerprint density at radius 3 is 2.77 bits per heavy atom. The smallest absolute Gasteiger partial charge is 0.226 e. The molecule has 238 valence electrons. The second-order valence-electron chi connectivity index (χ2n) is 14.6. The van der Waals surface area contributed by atoms with Crippen LogP contribution in [0.5, 0.6) is 0 Å². The fourth-order valence-corrected chi connectivity index (χ4v) is 11.7. The fourth-order valence-electron chi connectivity index (χ4n) is 11.7. The van der Waals surface area contributed by atoms with Gasteiger partial charge >= 0.3 is 0 Å². The molecule has 2 saturated heterocycles. The fraction of sp³-hybridized carbons (Fsp3) is 0.676.